The van der Waals surface area contributed by atoms with Gasteiger partial charge in [0.15, 0.2) is 0 Å². The molecule has 0 atom stereocenters. The molecular weight excluding hydrogens is 502 g/mol. The van der Waals surface area contributed by atoms with Gasteiger partial charge in [-0.05, 0) is 82.9 Å². The Morgan fingerprint density at radius 1 is 0.611 bits per heavy atom. The van der Waals surface area contributed by atoms with Crippen molar-refractivity contribution in [1.29, 1.82) is 0 Å². The molecule has 0 radical (unpaired) electrons. The van der Waals surface area contributed by atoms with Crippen molar-refractivity contribution in [3.63, 3.8) is 0 Å². The number of halogens is 1. The lowest BCUT2D eigenvalue weighted by atomic mass is 10.0. The van der Waals surface area contributed by atoms with Crippen molar-refractivity contribution in [2.75, 3.05) is 4.90 Å². The Morgan fingerprint density at radius 3 is 1.81 bits per heavy atom. The van der Waals surface area contributed by atoms with E-state index in [0.29, 0.717) is 0 Å². The first-order chi connectivity index (χ1) is 17.7. The van der Waals surface area contributed by atoms with Gasteiger partial charge in [0.2, 0.25) is 0 Å². The van der Waals surface area contributed by atoms with Crippen LogP contribution in [0.3, 0.4) is 0 Å². The summed E-state index contributed by atoms with van der Waals surface area (Å²) in [5, 5.41) is 2.48. The van der Waals surface area contributed by atoms with Crippen molar-refractivity contribution in [1.82, 2.24) is 0 Å². The fraction of sp³-hybridized carbons (Fsp3) is 0.118. The minimum atomic E-state index is 1.02. The summed E-state index contributed by atoms with van der Waals surface area (Å²) in [5.41, 5.74) is 8.58. The molecule has 0 N–H and O–H groups in total. The SMILES string of the molecule is CCc1cccc(N(c2ccc(C=Cc3cccc4cccc(Br)c34)cc2)c2cccc(CC)c2)c1. The van der Waals surface area contributed by atoms with Crippen LogP contribution in [0.25, 0.3) is 22.9 Å². The van der Waals surface area contributed by atoms with Gasteiger partial charge in [0, 0.05) is 26.9 Å². The molecule has 0 aliphatic rings. The molecule has 0 amide bonds. The van der Waals surface area contributed by atoms with Crippen LogP contribution in [-0.2, 0) is 12.8 Å². The lowest BCUT2D eigenvalue weighted by Crippen LogP contribution is -2.10. The summed E-state index contributed by atoms with van der Waals surface area (Å²) in [7, 11) is 0. The third kappa shape index (κ3) is 5.15. The van der Waals surface area contributed by atoms with Crippen molar-refractivity contribution in [3.8, 4) is 0 Å². The largest absolute Gasteiger partial charge is 0.310 e. The average molecular weight is 533 g/mol. The van der Waals surface area contributed by atoms with Crippen molar-refractivity contribution >= 4 is 55.9 Å². The van der Waals surface area contributed by atoms with E-state index in [4.69, 9.17) is 0 Å². The highest BCUT2D eigenvalue weighted by Gasteiger charge is 2.13. The Morgan fingerprint density at radius 2 is 1.19 bits per heavy atom. The van der Waals surface area contributed by atoms with Crippen molar-refractivity contribution in [3.05, 3.63) is 136 Å². The molecule has 0 aliphatic heterocycles. The molecule has 5 rings (SSSR count). The third-order valence-corrected chi connectivity index (χ3v) is 7.31. The summed E-state index contributed by atoms with van der Waals surface area (Å²) < 4.78 is 1.12. The van der Waals surface area contributed by atoms with Crippen LogP contribution in [0.15, 0.2) is 114 Å². The number of hydrogen-bond donors (Lipinski definition) is 0. The first-order valence-corrected chi connectivity index (χ1v) is 13.4. The maximum absolute atomic E-state index is 3.72. The molecule has 5 aromatic rings. The number of hydrogen-bond acceptors (Lipinski definition) is 1. The van der Waals surface area contributed by atoms with E-state index in [-0.39, 0.29) is 0 Å². The molecular formula is C34H30BrN. The molecule has 0 heterocycles. The van der Waals surface area contributed by atoms with E-state index < -0.39 is 0 Å². The number of anilines is 3. The number of nitrogens with zero attached hydrogens (tertiary/aromatic N) is 1. The van der Waals surface area contributed by atoms with Crippen LogP contribution in [0, 0.1) is 0 Å². The van der Waals surface area contributed by atoms with Gasteiger partial charge < -0.3 is 4.90 Å². The maximum atomic E-state index is 3.72. The Hall–Kier alpha value is -3.62. The van der Waals surface area contributed by atoms with E-state index in [1.807, 2.05) is 0 Å². The second-order valence-electron chi connectivity index (χ2n) is 8.99. The van der Waals surface area contributed by atoms with E-state index in [2.05, 4.69) is 156 Å². The standard InChI is InChI=1S/C34H30BrN/c1-3-25-9-5-14-31(23-25)36(32-15-6-10-26(4-2)24-32)30-21-18-27(19-22-30)17-20-29-12-7-11-28-13-8-16-33(35)34(28)29/h5-24H,3-4H2,1-2H3. The minimum absolute atomic E-state index is 1.02. The van der Waals surface area contributed by atoms with Gasteiger partial charge in [-0.3, -0.25) is 0 Å². The van der Waals surface area contributed by atoms with Crippen LogP contribution >= 0.6 is 15.9 Å². The zero-order chi connectivity index (χ0) is 24.9. The van der Waals surface area contributed by atoms with Crippen molar-refractivity contribution in [2.45, 2.75) is 26.7 Å². The van der Waals surface area contributed by atoms with Gasteiger partial charge in [0.05, 0.1) is 0 Å². The predicted octanol–water partition coefficient (Wildman–Crippen LogP) is 10.4. The average Bonchev–Trinajstić information content (AvgIpc) is 2.93. The predicted molar refractivity (Wildman–Crippen MR) is 160 cm³/mol. The lowest BCUT2D eigenvalue weighted by molar-refractivity contribution is 1.12. The molecule has 178 valence electrons. The highest BCUT2D eigenvalue weighted by Crippen LogP contribution is 2.36. The molecule has 1 nitrogen and oxygen atoms in total. The maximum Gasteiger partial charge on any atom is 0.0464 e. The molecule has 0 aromatic heterocycles. The zero-order valence-corrected chi connectivity index (χ0v) is 22.4. The summed E-state index contributed by atoms with van der Waals surface area (Å²) in [6.45, 7) is 4.41. The van der Waals surface area contributed by atoms with Crippen LogP contribution in [0.4, 0.5) is 17.1 Å². The summed E-state index contributed by atoms with van der Waals surface area (Å²) in [5.74, 6) is 0. The van der Waals surface area contributed by atoms with Gasteiger partial charge in [0.25, 0.3) is 0 Å². The Bertz CT molecular complexity index is 1460. The number of rotatable bonds is 7. The lowest BCUT2D eigenvalue weighted by Gasteiger charge is -2.26. The molecule has 36 heavy (non-hydrogen) atoms. The monoisotopic (exact) mass is 531 g/mol. The van der Waals surface area contributed by atoms with Crippen molar-refractivity contribution < 1.29 is 0 Å². The Labute approximate surface area is 222 Å². The van der Waals surface area contributed by atoms with E-state index in [1.165, 1.54) is 44.4 Å². The molecule has 0 unspecified atom stereocenters. The molecule has 0 bridgehead atoms. The fourth-order valence-electron chi connectivity index (χ4n) is 4.66. The van der Waals surface area contributed by atoms with Crippen LogP contribution in [0.5, 0.6) is 0 Å². The molecule has 0 spiro atoms. The van der Waals surface area contributed by atoms with Crippen LogP contribution in [0.2, 0.25) is 0 Å². The third-order valence-electron chi connectivity index (χ3n) is 6.65. The second-order valence-corrected chi connectivity index (χ2v) is 9.85. The summed E-state index contributed by atoms with van der Waals surface area (Å²) in [6, 6.07) is 39.3. The number of benzene rings is 5. The second kappa shape index (κ2) is 11.0. The number of aryl methyl sites for hydroxylation is 2. The summed E-state index contributed by atoms with van der Waals surface area (Å²) in [6.07, 6.45) is 6.43. The van der Waals surface area contributed by atoms with Gasteiger partial charge in [-0.25, -0.2) is 0 Å². The van der Waals surface area contributed by atoms with Gasteiger partial charge in [0.1, 0.15) is 0 Å². The van der Waals surface area contributed by atoms with Gasteiger partial charge in [-0.2, -0.15) is 0 Å². The van der Waals surface area contributed by atoms with E-state index >= 15 is 0 Å². The summed E-state index contributed by atoms with van der Waals surface area (Å²) >= 11 is 3.72. The highest BCUT2D eigenvalue weighted by atomic mass is 79.9. The van der Waals surface area contributed by atoms with Crippen LogP contribution < -0.4 is 4.90 Å². The molecule has 0 aliphatic carbocycles. The zero-order valence-electron chi connectivity index (χ0n) is 20.8. The Kier molecular flexibility index (Phi) is 7.34. The van der Waals surface area contributed by atoms with E-state index in [0.717, 1.165) is 23.0 Å². The first kappa shape index (κ1) is 24.1. The van der Waals surface area contributed by atoms with Crippen LogP contribution in [-0.4, -0.2) is 0 Å². The van der Waals surface area contributed by atoms with E-state index in [9.17, 15) is 0 Å². The molecule has 0 saturated carbocycles. The van der Waals surface area contributed by atoms with E-state index in [1.54, 1.807) is 0 Å². The Balaban J connectivity index is 1.50. The normalized spacial score (nSPS) is 11.3. The quantitative estimate of drug-likeness (QED) is 0.189. The molecule has 0 saturated heterocycles. The molecule has 2 heteroatoms. The van der Waals surface area contributed by atoms with Crippen LogP contribution in [0.1, 0.15) is 36.1 Å². The highest BCUT2D eigenvalue weighted by molar-refractivity contribution is 9.10. The first-order valence-electron chi connectivity index (χ1n) is 12.6. The molecule has 5 aromatic carbocycles. The van der Waals surface area contributed by atoms with Gasteiger partial charge >= 0.3 is 0 Å². The summed E-state index contributed by atoms with van der Waals surface area (Å²) in [4.78, 5) is 2.35. The fourth-order valence-corrected chi connectivity index (χ4v) is 5.27. The minimum Gasteiger partial charge on any atom is -0.310 e. The topological polar surface area (TPSA) is 3.24 Å². The number of fused-ring (bicyclic) bond motifs is 1. The van der Waals surface area contributed by atoms with Gasteiger partial charge in [-0.1, -0.05) is 109 Å². The van der Waals surface area contributed by atoms with Gasteiger partial charge in [-0.15, -0.1) is 0 Å². The van der Waals surface area contributed by atoms with Crippen molar-refractivity contribution in [2.24, 2.45) is 0 Å². The molecule has 0 fully saturated rings. The smallest absolute Gasteiger partial charge is 0.0464 e.